The van der Waals surface area contributed by atoms with Gasteiger partial charge in [-0.3, -0.25) is 14.5 Å². The molecule has 132 valence electrons. The molecule has 1 saturated heterocycles. The Kier molecular flexibility index (Phi) is 6.84. The Labute approximate surface area is 146 Å². The van der Waals surface area contributed by atoms with E-state index < -0.39 is 0 Å². The fourth-order valence-corrected chi connectivity index (χ4v) is 2.65. The van der Waals surface area contributed by atoms with E-state index in [2.05, 4.69) is 5.32 Å². The molecule has 1 heterocycles. The molecule has 2 amide bonds. The Morgan fingerprint density at radius 3 is 2.67 bits per heavy atom. The molecule has 0 atom stereocenters. The summed E-state index contributed by atoms with van der Waals surface area (Å²) in [4.78, 5) is 27.6. The second kappa shape index (κ2) is 8.86. The van der Waals surface area contributed by atoms with Gasteiger partial charge in [-0.2, -0.15) is 0 Å². The van der Waals surface area contributed by atoms with Gasteiger partial charge in [-0.15, -0.1) is 0 Å². The van der Waals surface area contributed by atoms with E-state index in [1.807, 2.05) is 0 Å². The van der Waals surface area contributed by atoms with Gasteiger partial charge < -0.3 is 19.7 Å². The Balaban J connectivity index is 1.80. The van der Waals surface area contributed by atoms with Gasteiger partial charge in [0.05, 0.1) is 38.4 Å². The number of halogens is 1. The van der Waals surface area contributed by atoms with Crippen LogP contribution in [-0.2, 0) is 14.3 Å². The average molecular weight is 356 g/mol. The number of hydrogen-bond donors (Lipinski definition) is 1. The van der Waals surface area contributed by atoms with E-state index >= 15 is 0 Å². The molecule has 1 aliphatic rings. The highest BCUT2D eigenvalue weighted by molar-refractivity contribution is 6.32. The fraction of sp³-hybridized carbons (Fsp3) is 0.500. The van der Waals surface area contributed by atoms with E-state index in [0.717, 1.165) is 0 Å². The molecule has 1 aliphatic heterocycles. The van der Waals surface area contributed by atoms with Gasteiger partial charge in [0.2, 0.25) is 11.8 Å². The SMILES string of the molecule is COc1ccc(NC(=O)CN(C)CC(=O)N2CCOCC2)cc1Cl. The van der Waals surface area contributed by atoms with Crippen LogP contribution in [-0.4, -0.2) is 75.2 Å². The Bertz CT molecular complexity index is 591. The summed E-state index contributed by atoms with van der Waals surface area (Å²) < 4.78 is 10.3. The lowest BCUT2D eigenvalue weighted by Crippen LogP contribution is -2.46. The first kappa shape index (κ1) is 18.5. The quantitative estimate of drug-likeness (QED) is 0.826. The minimum absolute atomic E-state index is 0.00101. The number of carbonyl (C=O) groups is 2. The highest BCUT2D eigenvalue weighted by atomic mass is 35.5. The number of methoxy groups -OCH3 is 1. The number of anilines is 1. The monoisotopic (exact) mass is 355 g/mol. The van der Waals surface area contributed by atoms with Crippen LogP contribution in [0.25, 0.3) is 0 Å². The number of hydrogen-bond acceptors (Lipinski definition) is 5. The van der Waals surface area contributed by atoms with Crippen LogP contribution >= 0.6 is 11.6 Å². The molecule has 0 unspecified atom stereocenters. The third-order valence-corrected chi connectivity index (χ3v) is 3.91. The lowest BCUT2D eigenvalue weighted by atomic mass is 10.3. The van der Waals surface area contributed by atoms with Crippen LogP contribution in [0.2, 0.25) is 5.02 Å². The molecule has 1 aromatic carbocycles. The first-order chi connectivity index (χ1) is 11.5. The summed E-state index contributed by atoms with van der Waals surface area (Å²) in [5.74, 6) is 0.331. The number of nitrogens with zero attached hydrogens (tertiary/aromatic N) is 2. The highest BCUT2D eigenvalue weighted by Gasteiger charge is 2.19. The Morgan fingerprint density at radius 1 is 1.33 bits per heavy atom. The van der Waals surface area contributed by atoms with Crippen LogP contribution in [0.5, 0.6) is 5.75 Å². The fourth-order valence-electron chi connectivity index (χ4n) is 2.39. The largest absolute Gasteiger partial charge is 0.495 e. The number of benzene rings is 1. The minimum atomic E-state index is -0.214. The molecular weight excluding hydrogens is 334 g/mol. The smallest absolute Gasteiger partial charge is 0.238 e. The summed E-state index contributed by atoms with van der Waals surface area (Å²) in [5, 5.41) is 3.17. The van der Waals surface area contributed by atoms with Crippen molar-refractivity contribution >= 4 is 29.1 Å². The van der Waals surface area contributed by atoms with Crippen LogP contribution in [0.4, 0.5) is 5.69 Å². The third-order valence-electron chi connectivity index (χ3n) is 3.62. The molecular formula is C16H22ClN3O4. The molecule has 7 nitrogen and oxygen atoms in total. The van der Waals surface area contributed by atoms with Gasteiger partial charge in [-0.05, 0) is 25.2 Å². The van der Waals surface area contributed by atoms with Crippen LogP contribution in [0.1, 0.15) is 0 Å². The van der Waals surface area contributed by atoms with Gasteiger partial charge in [-0.1, -0.05) is 11.6 Å². The van der Waals surface area contributed by atoms with E-state index in [4.69, 9.17) is 21.1 Å². The standard InChI is InChI=1S/C16H22ClN3O4/c1-19(11-16(22)20-5-7-24-8-6-20)10-15(21)18-12-3-4-14(23-2)13(17)9-12/h3-4,9H,5-8,10-11H2,1-2H3,(H,18,21). The van der Waals surface area contributed by atoms with Gasteiger partial charge >= 0.3 is 0 Å². The maximum atomic E-state index is 12.1. The van der Waals surface area contributed by atoms with Crippen molar-refractivity contribution in [2.45, 2.75) is 0 Å². The number of rotatable bonds is 6. The zero-order valence-corrected chi connectivity index (χ0v) is 14.6. The molecule has 1 N–H and O–H groups in total. The third kappa shape index (κ3) is 5.36. The van der Waals surface area contributed by atoms with Crippen molar-refractivity contribution in [1.29, 1.82) is 0 Å². The van der Waals surface area contributed by atoms with E-state index in [-0.39, 0.29) is 24.9 Å². The van der Waals surface area contributed by atoms with E-state index in [1.165, 1.54) is 7.11 Å². The molecule has 0 saturated carbocycles. The summed E-state index contributed by atoms with van der Waals surface area (Å²) in [6, 6.07) is 5.02. The second-order valence-corrected chi connectivity index (χ2v) is 5.97. The van der Waals surface area contributed by atoms with Crippen molar-refractivity contribution < 1.29 is 19.1 Å². The topological polar surface area (TPSA) is 71.1 Å². The zero-order valence-electron chi connectivity index (χ0n) is 13.9. The molecule has 0 aromatic heterocycles. The predicted octanol–water partition coefficient (Wildman–Crippen LogP) is 1.08. The number of morpholine rings is 1. The van der Waals surface area contributed by atoms with Gasteiger partial charge in [0, 0.05) is 18.8 Å². The van der Waals surface area contributed by atoms with Crippen molar-refractivity contribution in [2.24, 2.45) is 0 Å². The van der Waals surface area contributed by atoms with Gasteiger partial charge in [0.15, 0.2) is 0 Å². The van der Waals surface area contributed by atoms with Crippen LogP contribution in [0.15, 0.2) is 18.2 Å². The first-order valence-electron chi connectivity index (χ1n) is 7.67. The first-order valence-corrected chi connectivity index (χ1v) is 8.05. The normalized spacial score (nSPS) is 14.6. The van der Waals surface area contributed by atoms with Crippen molar-refractivity contribution in [3.8, 4) is 5.75 Å². The number of amides is 2. The summed E-state index contributed by atoms with van der Waals surface area (Å²) in [6.45, 7) is 2.63. The number of carbonyl (C=O) groups excluding carboxylic acids is 2. The van der Waals surface area contributed by atoms with E-state index in [9.17, 15) is 9.59 Å². The molecule has 0 aliphatic carbocycles. The maximum absolute atomic E-state index is 12.1. The Hall–Kier alpha value is -1.83. The lowest BCUT2D eigenvalue weighted by molar-refractivity contribution is -0.136. The van der Waals surface area contributed by atoms with E-state index in [1.54, 1.807) is 35.0 Å². The predicted molar refractivity (Wildman–Crippen MR) is 91.5 cm³/mol. The summed E-state index contributed by atoms with van der Waals surface area (Å²) in [6.07, 6.45) is 0. The average Bonchev–Trinajstić information content (AvgIpc) is 2.55. The van der Waals surface area contributed by atoms with Gasteiger partial charge in [0.25, 0.3) is 0 Å². The Morgan fingerprint density at radius 2 is 2.04 bits per heavy atom. The molecule has 1 aromatic rings. The second-order valence-electron chi connectivity index (χ2n) is 5.56. The highest BCUT2D eigenvalue weighted by Crippen LogP contribution is 2.27. The number of nitrogens with one attached hydrogen (secondary N) is 1. The number of likely N-dealkylation sites (N-methyl/N-ethyl adjacent to an activating group) is 1. The van der Waals surface area contributed by atoms with Crippen LogP contribution < -0.4 is 10.1 Å². The maximum Gasteiger partial charge on any atom is 0.238 e. The number of ether oxygens (including phenoxy) is 2. The van der Waals surface area contributed by atoms with Gasteiger partial charge in [0.1, 0.15) is 5.75 Å². The van der Waals surface area contributed by atoms with Gasteiger partial charge in [-0.25, -0.2) is 0 Å². The molecule has 2 rings (SSSR count). The molecule has 1 fully saturated rings. The van der Waals surface area contributed by atoms with E-state index in [0.29, 0.717) is 42.8 Å². The van der Waals surface area contributed by atoms with Crippen molar-refractivity contribution in [2.75, 3.05) is 58.9 Å². The molecule has 24 heavy (non-hydrogen) atoms. The molecule has 0 spiro atoms. The molecule has 0 bridgehead atoms. The van der Waals surface area contributed by atoms with Crippen LogP contribution in [0.3, 0.4) is 0 Å². The van der Waals surface area contributed by atoms with Crippen molar-refractivity contribution in [3.05, 3.63) is 23.2 Å². The molecule has 8 heteroatoms. The minimum Gasteiger partial charge on any atom is -0.495 e. The lowest BCUT2D eigenvalue weighted by Gasteiger charge is -2.28. The summed E-state index contributed by atoms with van der Waals surface area (Å²) >= 11 is 6.03. The van der Waals surface area contributed by atoms with Crippen LogP contribution in [0, 0.1) is 0 Å². The van der Waals surface area contributed by atoms with Crippen molar-refractivity contribution in [1.82, 2.24) is 9.80 Å². The summed E-state index contributed by atoms with van der Waals surface area (Å²) in [5.41, 5.74) is 0.582. The molecule has 0 radical (unpaired) electrons. The zero-order chi connectivity index (χ0) is 17.5. The van der Waals surface area contributed by atoms with Crippen molar-refractivity contribution in [3.63, 3.8) is 0 Å². The summed E-state index contributed by atoms with van der Waals surface area (Å²) in [7, 11) is 3.26.